The number of hydrogen-bond acceptors (Lipinski definition) is 3. The maximum absolute atomic E-state index is 12.0. The molecule has 0 amide bonds. The molecule has 0 bridgehead atoms. The molecule has 0 heterocycles. The first-order chi connectivity index (χ1) is 8.33. The van der Waals surface area contributed by atoms with Gasteiger partial charge in [-0.2, -0.15) is 0 Å². The lowest BCUT2D eigenvalue weighted by Gasteiger charge is -2.20. The number of ketones is 1. The highest BCUT2D eigenvalue weighted by Gasteiger charge is 2.12. The van der Waals surface area contributed by atoms with Crippen molar-refractivity contribution in [1.82, 2.24) is 5.32 Å². The highest BCUT2D eigenvalue weighted by molar-refractivity contribution is 6.32. The molecule has 0 spiro atoms. The van der Waals surface area contributed by atoms with Gasteiger partial charge >= 0.3 is 0 Å². The Kier molecular flexibility index (Phi) is 5.17. The van der Waals surface area contributed by atoms with E-state index in [0.717, 1.165) is 0 Å². The monoisotopic (exact) mass is 269 g/mol. The Morgan fingerprint density at radius 1 is 1.39 bits per heavy atom. The summed E-state index contributed by atoms with van der Waals surface area (Å²) in [5.41, 5.74) is 0.657. The van der Waals surface area contributed by atoms with Gasteiger partial charge in [-0.15, -0.1) is 0 Å². The fourth-order valence-electron chi connectivity index (χ4n) is 1.53. The lowest BCUT2D eigenvalue weighted by Crippen LogP contribution is -2.37. The van der Waals surface area contributed by atoms with Gasteiger partial charge in [0.25, 0.3) is 0 Å². The Balaban J connectivity index is 2.62. The van der Waals surface area contributed by atoms with E-state index in [9.17, 15) is 4.79 Å². The van der Waals surface area contributed by atoms with Crippen molar-refractivity contribution in [2.24, 2.45) is 0 Å². The second-order valence-corrected chi connectivity index (χ2v) is 5.61. The molecule has 1 aromatic rings. The molecule has 0 atom stereocenters. The van der Waals surface area contributed by atoms with E-state index >= 15 is 0 Å². The summed E-state index contributed by atoms with van der Waals surface area (Å²) in [4.78, 5) is 12.0. The van der Waals surface area contributed by atoms with E-state index in [4.69, 9.17) is 16.3 Å². The van der Waals surface area contributed by atoms with E-state index in [-0.39, 0.29) is 11.3 Å². The maximum atomic E-state index is 12.0. The van der Waals surface area contributed by atoms with Gasteiger partial charge in [-0.3, -0.25) is 4.79 Å². The zero-order chi connectivity index (χ0) is 13.8. The van der Waals surface area contributed by atoms with Crippen molar-refractivity contribution < 1.29 is 9.53 Å². The number of ether oxygens (including phenoxy) is 1. The van der Waals surface area contributed by atoms with Crippen LogP contribution in [0.2, 0.25) is 5.02 Å². The van der Waals surface area contributed by atoms with E-state index in [1.165, 1.54) is 7.11 Å². The van der Waals surface area contributed by atoms with E-state index in [1.807, 2.05) is 0 Å². The van der Waals surface area contributed by atoms with Crippen molar-refractivity contribution in [1.29, 1.82) is 0 Å². The van der Waals surface area contributed by atoms with Crippen LogP contribution in [0, 0.1) is 0 Å². The fraction of sp³-hybridized carbons (Fsp3) is 0.500. The lowest BCUT2D eigenvalue weighted by molar-refractivity contribution is 0.0980. The minimum absolute atomic E-state index is 0.0258. The van der Waals surface area contributed by atoms with Gasteiger partial charge in [0.15, 0.2) is 5.78 Å². The molecule has 0 saturated heterocycles. The van der Waals surface area contributed by atoms with Crippen molar-refractivity contribution in [2.45, 2.75) is 32.7 Å². The van der Waals surface area contributed by atoms with Crippen LogP contribution >= 0.6 is 11.6 Å². The van der Waals surface area contributed by atoms with Crippen molar-refractivity contribution in [3.8, 4) is 5.75 Å². The molecule has 3 nitrogen and oxygen atoms in total. The average molecular weight is 270 g/mol. The first-order valence-corrected chi connectivity index (χ1v) is 6.33. The second-order valence-electron chi connectivity index (χ2n) is 5.20. The molecule has 0 saturated carbocycles. The molecule has 0 aliphatic carbocycles. The van der Waals surface area contributed by atoms with Crippen molar-refractivity contribution >= 4 is 17.4 Å². The molecule has 1 aromatic carbocycles. The predicted octanol–water partition coefficient (Wildman–Crippen LogP) is 3.31. The summed E-state index contributed by atoms with van der Waals surface area (Å²) in [6.07, 6.45) is 0.460. The molecule has 1 N–H and O–H groups in total. The molecule has 0 radical (unpaired) electrons. The molecule has 1 rings (SSSR count). The number of halogens is 1. The van der Waals surface area contributed by atoms with E-state index in [0.29, 0.717) is 29.3 Å². The summed E-state index contributed by atoms with van der Waals surface area (Å²) in [7, 11) is 1.54. The molecule has 0 aromatic heterocycles. The topological polar surface area (TPSA) is 38.3 Å². The zero-order valence-corrected chi connectivity index (χ0v) is 12.1. The van der Waals surface area contributed by atoms with Crippen molar-refractivity contribution in [3.63, 3.8) is 0 Å². The Morgan fingerprint density at radius 3 is 2.61 bits per heavy atom. The summed E-state index contributed by atoms with van der Waals surface area (Å²) in [6, 6.07) is 5.09. The summed E-state index contributed by atoms with van der Waals surface area (Å²) >= 11 is 5.92. The number of carbonyl (C=O) groups excluding carboxylic acids is 1. The molecular formula is C14H20ClNO2. The van der Waals surface area contributed by atoms with Crippen molar-refractivity contribution in [3.05, 3.63) is 28.8 Å². The zero-order valence-electron chi connectivity index (χ0n) is 11.3. The van der Waals surface area contributed by atoms with Crippen LogP contribution in [-0.4, -0.2) is 25.0 Å². The van der Waals surface area contributed by atoms with Gasteiger partial charge in [0, 0.05) is 24.1 Å². The molecule has 0 fully saturated rings. The predicted molar refractivity (Wildman–Crippen MR) is 74.7 cm³/mol. The van der Waals surface area contributed by atoms with Crippen LogP contribution in [0.15, 0.2) is 18.2 Å². The van der Waals surface area contributed by atoms with Crippen LogP contribution in [-0.2, 0) is 0 Å². The van der Waals surface area contributed by atoms with Gasteiger partial charge in [-0.1, -0.05) is 11.6 Å². The van der Waals surface area contributed by atoms with Crippen LogP contribution in [0.1, 0.15) is 37.6 Å². The van der Waals surface area contributed by atoms with Gasteiger partial charge < -0.3 is 10.1 Å². The van der Waals surface area contributed by atoms with Gasteiger partial charge in [-0.05, 0) is 39.0 Å². The minimum Gasteiger partial charge on any atom is -0.495 e. The van der Waals surface area contributed by atoms with Gasteiger partial charge in [-0.25, -0.2) is 0 Å². The van der Waals surface area contributed by atoms with Crippen molar-refractivity contribution in [2.75, 3.05) is 13.7 Å². The van der Waals surface area contributed by atoms with Gasteiger partial charge in [0.1, 0.15) is 5.75 Å². The minimum atomic E-state index is 0.0258. The Bertz CT molecular complexity index is 424. The third-order valence-electron chi connectivity index (χ3n) is 2.48. The molecule has 4 heteroatoms. The summed E-state index contributed by atoms with van der Waals surface area (Å²) in [5.74, 6) is 0.619. The maximum Gasteiger partial charge on any atom is 0.164 e. The number of Topliss-reactive ketones (excluding diaryl/α,β-unsaturated/α-hetero) is 1. The van der Waals surface area contributed by atoms with Crippen LogP contribution in [0.25, 0.3) is 0 Å². The highest BCUT2D eigenvalue weighted by Crippen LogP contribution is 2.25. The molecule has 18 heavy (non-hydrogen) atoms. The SMILES string of the molecule is COc1cc(C(=O)CCNC(C)(C)C)ccc1Cl. The number of carbonyl (C=O) groups is 1. The van der Waals surface area contributed by atoms with E-state index < -0.39 is 0 Å². The summed E-state index contributed by atoms with van der Waals surface area (Å²) < 4.78 is 5.09. The summed E-state index contributed by atoms with van der Waals surface area (Å²) in [5, 5.41) is 3.80. The lowest BCUT2D eigenvalue weighted by atomic mass is 10.1. The second kappa shape index (κ2) is 6.21. The van der Waals surface area contributed by atoms with E-state index in [1.54, 1.807) is 18.2 Å². The number of rotatable bonds is 5. The standard InChI is InChI=1S/C14H20ClNO2/c1-14(2,3)16-8-7-12(17)10-5-6-11(15)13(9-10)18-4/h5-6,9,16H,7-8H2,1-4H3. The number of benzene rings is 1. The van der Waals surface area contributed by atoms with Crippen LogP contribution in [0.5, 0.6) is 5.75 Å². The smallest absolute Gasteiger partial charge is 0.164 e. The van der Waals surface area contributed by atoms with Crippen LogP contribution in [0.4, 0.5) is 0 Å². The highest BCUT2D eigenvalue weighted by atomic mass is 35.5. The largest absolute Gasteiger partial charge is 0.495 e. The third kappa shape index (κ3) is 4.67. The molecule has 0 aliphatic rings. The van der Waals surface area contributed by atoms with Gasteiger partial charge in [0.05, 0.1) is 12.1 Å². The average Bonchev–Trinajstić information content (AvgIpc) is 2.27. The fourth-order valence-corrected chi connectivity index (χ4v) is 1.72. The summed E-state index contributed by atoms with van der Waals surface area (Å²) in [6.45, 7) is 6.88. The quantitative estimate of drug-likeness (QED) is 0.834. The number of nitrogens with one attached hydrogen (secondary N) is 1. The molecule has 100 valence electrons. The molecule has 0 aliphatic heterocycles. The van der Waals surface area contributed by atoms with Crippen LogP contribution < -0.4 is 10.1 Å². The first-order valence-electron chi connectivity index (χ1n) is 5.95. The Morgan fingerprint density at radius 2 is 2.06 bits per heavy atom. The number of methoxy groups -OCH3 is 1. The van der Waals surface area contributed by atoms with Gasteiger partial charge in [0.2, 0.25) is 0 Å². The molecule has 0 unspecified atom stereocenters. The molecular weight excluding hydrogens is 250 g/mol. The normalized spacial score (nSPS) is 11.4. The Labute approximate surface area is 113 Å². The first kappa shape index (κ1) is 15.0. The van der Waals surface area contributed by atoms with E-state index in [2.05, 4.69) is 26.1 Å². The third-order valence-corrected chi connectivity index (χ3v) is 2.79. The Hall–Kier alpha value is -1.06. The van der Waals surface area contributed by atoms with Crippen LogP contribution in [0.3, 0.4) is 0 Å². The number of hydrogen-bond donors (Lipinski definition) is 1.